The van der Waals surface area contributed by atoms with E-state index in [1.807, 2.05) is 6.92 Å². The van der Waals surface area contributed by atoms with Crippen LogP contribution in [-0.4, -0.2) is 9.97 Å². The van der Waals surface area contributed by atoms with Crippen LogP contribution < -0.4 is 11.1 Å². The van der Waals surface area contributed by atoms with Crippen LogP contribution in [0.15, 0.2) is 18.3 Å². The molecular weight excluding hydrogens is 288 g/mol. The van der Waals surface area contributed by atoms with Gasteiger partial charge in [0.1, 0.15) is 27.3 Å². The number of nitrogens with zero attached hydrogens (tertiary/aromatic N) is 1. The molecule has 0 atom stereocenters. The van der Waals surface area contributed by atoms with Crippen molar-refractivity contribution < 1.29 is 8.78 Å². The van der Waals surface area contributed by atoms with Crippen LogP contribution in [0, 0.1) is 18.6 Å². The molecule has 2 rings (SSSR count). The van der Waals surface area contributed by atoms with Crippen molar-refractivity contribution in [1.82, 2.24) is 4.98 Å². The van der Waals surface area contributed by atoms with Crippen LogP contribution in [0.5, 0.6) is 0 Å². The first-order chi connectivity index (χ1) is 8.97. The number of nitrogens with one attached hydrogen (secondary N) is 1. The van der Waals surface area contributed by atoms with Crippen LogP contribution in [0.4, 0.5) is 14.5 Å². The molecule has 0 aliphatic heterocycles. The first-order valence-corrected chi connectivity index (χ1v) is 6.64. The van der Waals surface area contributed by atoms with E-state index < -0.39 is 11.6 Å². The Kier molecular flexibility index (Phi) is 4.06. The van der Waals surface area contributed by atoms with Crippen LogP contribution in [0.1, 0.15) is 15.4 Å². The van der Waals surface area contributed by atoms with E-state index in [0.717, 1.165) is 22.0 Å². The maximum Gasteiger partial charge on any atom is 0.150 e. The van der Waals surface area contributed by atoms with Crippen molar-refractivity contribution >= 4 is 34.2 Å². The smallest absolute Gasteiger partial charge is 0.150 e. The fourth-order valence-electron chi connectivity index (χ4n) is 1.53. The summed E-state index contributed by atoms with van der Waals surface area (Å²) >= 11 is 6.15. The van der Waals surface area contributed by atoms with Crippen molar-refractivity contribution in [3.8, 4) is 0 Å². The monoisotopic (exact) mass is 299 g/mol. The summed E-state index contributed by atoms with van der Waals surface area (Å²) < 4.78 is 27.5. The van der Waals surface area contributed by atoms with E-state index in [-0.39, 0.29) is 22.8 Å². The third-order valence-corrected chi connectivity index (χ3v) is 3.56. The highest BCUT2D eigenvalue weighted by molar-refractivity contribution is 7.80. The largest absolute Gasteiger partial charge is 0.389 e. The molecule has 0 bridgehead atoms. The molecule has 2 aromatic rings. The predicted molar refractivity (Wildman–Crippen MR) is 76.4 cm³/mol. The Bertz CT molecular complexity index is 602. The lowest BCUT2D eigenvalue weighted by Gasteiger charge is -2.09. The molecule has 0 radical (unpaired) electrons. The first-order valence-electron chi connectivity index (χ1n) is 5.41. The van der Waals surface area contributed by atoms with Crippen molar-refractivity contribution in [3.05, 3.63) is 45.4 Å². The van der Waals surface area contributed by atoms with Crippen molar-refractivity contribution in [2.75, 3.05) is 5.32 Å². The second-order valence-corrected chi connectivity index (χ2v) is 5.66. The zero-order valence-corrected chi connectivity index (χ0v) is 11.7. The Balaban J connectivity index is 2.18. The molecule has 0 fully saturated rings. The van der Waals surface area contributed by atoms with E-state index in [1.54, 1.807) is 6.20 Å². The Morgan fingerprint density at radius 2 is 2.05 bits per heavy atom. The van der Waals surface area contributed by atoms with E-state index in [9.17, 15) is 8.78 Å². The molecule has 100 valence electrons. The fraction of sp³-hybridized carbons (Fsp3) is 0.167. The van der Waals surface area contributed by atoms with Gasteiger partial charge in [0.25, 0.3) is 0 Å². The van der Waals surface area contributed by atoms with Gasteiger partial charge in [-0.05, 0) is 19.1 Å². The lowest BCUT2D eigenvalue weighted by Crippen LogP contribution is -2.12. The number of hydrogen-bond donors (Lipinski definition) is 2. The van der Waals surface area contributed by atoms with Crippen LogP contribution in [0.3, 0.4) is 0 Å². The number of thiocarbonyl (C=S) groups is 1. The lowest BCUT2D eigenvalue weighted by molar-refractivity contribution is 0.587. The van der Waals surface area contributed by atoms with Gasteiger partial charge in [-0.15, -0.1) is 11.3 Å². The molecule has 0 aliphatic rings. The number of anilines is 1. The summed E-state index contributed by atoms with van der Waals surface area (Å²) in [6.45, 7) is 2.18. The van der Waals surface area contributed by atoms with Gasteiger partial charge in [-0.2, -0.15) is 0 Å². The molecule has 0 aliphatic carbocycles. The number of thiazole rings is 1. The molecule has 3 N–H and O–H groups in total. The van der Waals surface area contributed by atoms with Crippen molar-refractivity contribution in [2.24, 2.45) is 5.73 Å². The highest BCUT2D eigenvalue weighted by Crippen LogP contribution is 2.22. The Labute approximate surface area is 118 Å². The van der Waals surface area contributed by atoms with Gasteiger partial charge in [0.05, 0.1) is 6.54 Å². The lowest BCUT2D eigenvalue weighted by atomic mass is 10.2. The zero-order valence-electron chi connectivity index (χ0n) is 10.0. The van der Waals surface area contributed by atoms with Crippen molar-refractivity contribution in [3.63, 3.8) is 0 Å². The molecule has 0 unspecified atom stereocenters. The summed E-state index contributed by atoms with van der Waals surface area (Å²) in [5, 5.41) is 3.45. The number of hydrogen-bond acceptors (Lipinski definition) is 4. The highest BCUT2D eigenvalue weighted by Gasteiger charge is 2.12. The molecule has 1 aromatic heterocycles. The second kappa shape index (κ2) is 5.58. The van der Waals surface area contributed by atoms with Crippen LogP contribution in [0.25, 0.3) is 0 Å². The number of benzene rings is 1. The topological polar surface area (TPSA) is 50.9 Å². The summed E-state index contributed by atoms with van der Waals surface area (Å²) in [5.41, 5.74) is 5.30. The average Bonchev–Trinajstić information content (AvgIpc) is 2.73. The van der Waals surface area contributed by atoms with E-state index in [2.05, 4.69) is 22.5 Å². The summed E-state index contributed by atoms with van der Waals surface area (Å²) in [6.07, 6.45) is 1.71. The van der Waals surface area contributed by atoms with Gasteiger partial charge < -0.3 is 11.1 Å². The molecule has 1 aromatic carbocycles. The molecule has 19 heavy (non-hydrogen) atoms. The molecule has 0 amide bonds. The maximum atomic E-state index is 13.7. The minimum atomic E-state index is -0.726. The van der Waals surface area contributed by atoms with Crippen LogP contribution in [-0.2, 0) is 6.54 Å². The van der Waals surface area contributed by atoms with Crippen LogP contribution in [0.2, 0.25) is 0 Å². The van der Waals surface area contributed by atoms with E-state index in [4.69, 9.17) is 5.73 Å². The fourth-order valence-corrected chi connectivity index (χ4v) is 2.38. The van der Waals surface area contributed by atoms with Crippen molar-refractivity contribution in [2.45, 2.75) is 13.5 Å². The van der Waals surface area contributed by atoms with Gasteiger partial charge in [-0.25, -0.2) is 13.8 Å². The average molecular weight is 299 g/mol. The number of nitrogens with two attached hydrogens (primary N) is 1. The summed E-state index contributed by atoms with van der Waals surface area (Å²) in [6, 6.07) is 2.22. The molecular formula is C12H11F2N3S2. The summed E-state index contributed by atoms with van der Waals surface area (Å²) in [5.74, 6) is -1.45. The Morgan fingerprint density at radius 3 is 2.53 bits per heavy atom. The quantitative estimate of drug-likeness (QED) is 0.852. The predicted octanol–water partition coefficient (Wildman–Crippen LogP) is 2.98. The Hall–Kier alpha value is -1.60. The Morgan fingerprint density at radius 1 is 1.42 bits per heavy atom. The maximum absolute atomic E-state index is 13.7. The van der Waals surface area contributed by atoms with Gasteiger partial charge >= 0.3 is 0 Å². The molecule has 0 saturated carbocycles. The summed E-state index contributed by atoms with van der Waals surface area (Å²) in [4.78, 5) is 5.11. The molecule has 7 heteroatoms. The SMILES string of the molecule is Cc1cnc(CNc2c(F)cc(C(N)=S)cc2F)s1. The third kappa shape index (κ3) is 3.24. The minimum absolute atomic E-state index is 0.0418. The standard InChI is InChI=1S/C12H11F2N3S2/c1-6-4-16-10(19-6)5-17-11-8(13)2-7(12(15)18)3-9(11)14/h2-4,17H,5H2,1H3,(H2,15,18). The molecule has 0 saturated heterocycles. The van der Waals surface area contributed by atoms with Crippen LogP contribution >= 0.6 is 23.6 Å². The molecule has 0 spiro atoms. The second-order valence-electron chi connectivity index (χ2n) is 3.90. The minimum Gasteiger partial charge on any atom is -0.389 e. The van der Waals surface area contributed by atoms with Gasteiger partial charge in [-0.3, -0.25) is 0 Å². The number of aromatic nitrogens is 1. The number of rotatable bonds is 4. The molecule has 1 heterocycles. The van der Waals surface area contributed by atoms with Crippen molar-refractivity contribution in [1.29, 1.82) is 0 Å². The zero-order chi connectivity index (χ0) is 14.0. The normalized spacial score (nSPS) is 10.5. The highest BCUT2D eigenvalue weighted by atomic mass is 32.1. The summed E-state index contributed by atoms with van der Waals surface area (Å²) in [7, 11) is 0. The van der Waals surface area contributed by atoms with Gasteiger partial charge in [0.15, 0.2) is 0 Å². The third-order valence-electron chi connectivity index (χ3n) is 2.41. The number of aryl methyl sites for hydroxylation is 1. The molecule has 3 nitrogen and oxygen atoms in total. The first kappa shape index (κ1) is 13.8. The van der Waals surface area contributed by atoms with Gasteiger partial charge in [-0.1, -0.05) is 12.2 Å². The van der Waals surface area contributed by atoms with E-state index >= 15 is 0 Å². The van der Waals surface area contributed by atoms with Gasteiger partial charge in [0, 0.05) is 16.6 Å². The van der Waals surface area contributed by atoms with E-state index in [0.29, 0.717) is 0 Å². The number of halogens is 2. The van der Waals surface area contributed by atoms with E-state index in [1.165, 1.54) is 11.3 Å². The van der Waals surface area contributed by atoms with Gasteiger partial charge in [0.2, 0.25) is 0 Å².